The highest BCUT2D eigenvalue weighted by Gasteiger charge is 2.13. The first-order chi connectivity index (χ1) is 7.45. The first kappa shape index (κ1) is 11.2. The Labute approximate surface area is 93.9 Å². The molecule has 0 N–H and O–H groups in total. The Hall–Kier alpha value is -0.300. The van der Waals surface area contributed by atoms with E-state index in [1.165, 1.54) is 51.4 Å². The van der Waals surface area contributed by atoms with Crippen molar-refractivity contribution < 1.29 is 4.74 Å². The predicted molar refractivity (Wildman–Crippen MR) is 63.9 cm³/mol. The molecule has 1 saturated carbocycles. The zero-order chi connectivity index (χ0) is 10.3. The highest BCUT2D eigenvalue weighted by atomic mass is 16.5. The minimum absolute atomic E-state index is 0.711. The van der Waals surface area contributed by atoms with E-state index in [0.29, 0.717) is 5.92 Å². The molecular formula is C14H24O. The molecule has 2 aliphatic rings. The Morgan fingerprint density at radius 2 is 1.87 bits per heavy atom. The molecule has 1 aliphatic carbocycles. The molecule has 0 aromatic carbocycles. The summed E-state index contributed by atoms with van der Waals surface area (Å²) in [6.45, 7) is 1.94. The quantitative estimate of drug-likeness (QED) is 0.638. The van der Waals surface area contributed by atoms with Crippen molar-refractivity contribution in [3.63, 3.8) is 0 Å². The average molecular weight is 208 g/mol. The molecule has 1 saturated heterocycles. The van der Waals surface area contributed by atoms with Gasteiger partial charge >= 0.3 is 0 Å². The lowest BCUT2D eigenvalue weighted by Gasteiger charge is -2.21. The standard InChI is InChI=1S/C14H24O/c1-2-6-13(7-3-1)8-4-9-14-10-5-11-15-12-14/h4,9,13-14H,1-3,5-8,10-12H2. The average Bonchev–Trinajstić information content (AvgIpc) is 2.32. The lowest BCUT2D eigenvalue weighted by atomic mass is 9.86. The molecule has 0 aromatic rings. The number of hydrogen-bond acceptors (Lipinski definition) is 1. The van der Waals surface area contributed by atoms with Crippen LogP contribution in [0.2, 0.25) is 0 Å². The largest absolute Gasteiger partial charge is 0.381 e. The Balaban J connectivity index is 1.64. The van der Waals surface area contributed by atoms with Crippen molar-refractivity contribution >= 4 is 0 Å². The maximum absolute atomic E-state index is 5.47. The highest BCUT2D eigenvalue weighted by molar-refractivity contribution is 4.91. The summed E-state index contributed by atoms with van der Waals surface area (Å²) < 4.78 is 5.47. The first-order valence-electron chi connectivity index (χ1n) is 6.69. The monoisotopic (exact) mass is 208 g/mol. The van der Waals surface area contributed by atoms with Crippen LogP contribution in [0.25, 0.3) is 0 Å². The molecule has 1 aliphatic heterocycles. The van der Waals surface area contributed by atoms with E-state index < -0.39 is 0 Å². The van der Waals surface area contributed by atoms with Gasteiger partial charge in [-0.1, -0.05) is 44.3 Å². The van der Waals surface area contributed by atoms with Gasteiger partial charge in [-0.3, -0.25) is 0 Å². The maximum atomic E-state index is 5.47. The number of rotatable bonds is 3. The maximum Gasteiger partial charge on any atom is 0.0528 e. The third-order valence-corrected chi connectivity index (χ3v) is 3.80. The zero-order valence-corrected chi connectivity index (χ0v) is 9.79. The SMILES string of the molecule is C(=CC1CCCOC1)CC1CCCCC1. The van der Waals surface area contributed by atoms with E-state index in [0.717, 1.165) is 19.1 Å². The van der Waals surface area contributed by atoms with Crippen LogP contribution < -0.4 is 0 Å². The summed E-state index contributed by atoms with van der Waals surface area (Å²) in [5.41, 5.74) is 0. The molecule has 1 atom stereocenters. The molecule has 15 heavy (non-hydrogen) atoms. The van der Waals surface area contributed by atoms with Crippen LogP contribution in [-0.4, -0.2) is 13.2 Å². The van der Waals surface area contributed by atoms with Crippen LogP contribution in [-0.2, 0) is 4.74 Å². The molecular weight excluding hydrogens is 184 g/mol. The Kier molecular flexibility index (Phi) is 4.72. The fourth-order valence-corrected chi connectivity index (χ4v) is 2.80. The molecule has 2 fully saturated rings. The molecule has 0 spiro atoms. The molecule has 0 bridgehead atoms. The van der Waals surface area contributed by atoms with E-state index in [-0.39, 0.29) is 0 Å². The molecule has 0 radical (unpaired) electrons. The summed E-state index contributed by atoms with van der Waals surface area (Å²) >= 11 is 0. The van der Waals surface area contributed by atoms with Crippen LogP contribution in [0.4, 0.5) is 0 Å². The summed E-state index contributed by atoms with van der Waals surface area (Å²) in [6, 6.07) is 0. The minimum atomic E-state index is 0.711. The Bertz CT molecular complexity index is 186. The van der Waals surface area contributed by atoms with Crippen molar-refractivity contribution in [1.82, 2.24) is 0 Å². The second kappa shape index (κ2) is 6.32. The van der Waals surface area contributed by atoms with Gasteiger partial charge < -0.3 is 4.74 Å². The molecule has 2 rings (SSSR count). The van der Waals surface area contributed by atoms with Crippen LogP contribution in [0.1, 0.15) is 51.4 Å². The van der Waals surface area contributed by atoms with E-state index in [1.807, 2.05) is 0 Å². The second-order valence-electron chi connectivity index (χ2n) is 5.15. The topological polar surface area (TPSA) is 9.23 Å². The van der Waals surface area contributed by atoms with E-state index in [2.05, 4.69) is 12.2 Å². The number of allylic oxidation sites excluding steroid dienone is 1. The predicted octanol–water partition coefficient (Wildman–Crippen LogP) is 3.94. The zero-order valence-electron chi connectivity index (χ0n) is 9.79. The fourth-order valence-electron chi connectivity index (χ4n) is 2.80. The van der Waals surface area contributed by atoms with Gasteiger partial charge in [0.2, 0.25) is 0 Å². The summed E-state index contributed by atoms with van der Waals surface area (Å²) in [4.78, 5) is 0. The summed E-state index contributed by atoms with van der Waals surface area (Å²) in [5, 5.41) is 0. The summed E-state index contributed by atoms with van der Waals surface area (Å²) in [7, 11) is 0. The first-order valence-corrected chi connectivity index (χ1v) is 6.69. The van der Waals surface area contributed by atoms with Crippen LogP contribution >= 0.6 is 0 Å². The van der Waals surface area contributed by atoms with E-state index in [1.54, 1.807) is 0 Å². The van der Waals surface area contributed by atoms with E-state index >= 15 is 0 Å². The molecule has 86 valence electrons. The van der Waals surface area contributed by atoms with Crippen LogP contribution in [0, 0.1) is 11.8 Å². The van der Waals surface area contributed by atoms with Gasteiger partial charge in [0.15, 0.2) is 0 Å². The highest BCUT2D eigenvalue weighted by Crippen LogP contribution is 2.27. The second-order valence-corrected chi connectivity index (χ2v) is 5.15. The van der Waals surface area contributed by atoms with Gasteiger partial charge in [0, 0.05) is 12.5 Å². The van der Waals surface area contributed by atoms with Gasteiger partial charge in [0.05, 0.1) is 6.61 Å². The van der Waals surface area contributed by atoms with Crippen molar-refractivity contribution in [3.05, 3.63) is 12.2 Å². The van der Waals surface area contributed by atoms with Crippen molar-refractivity contribution in [1.29, 1.82) is 0 Å². The van der Waals surface area contributed by atoms with Gasteiger partial charge in [-0.05, 0) is 25.2 Å². The Morgan fingerprint density at radius 1 is 1.00 bits per heavy atom. The number of hydrogen-bond donors (Lipinski definition) is 0. The van der Waals surface area contributed by atoms with Gasteiger partial charge in [0.1, 0.15) is 0 Å². The fraction of sp³-hybridized carbons (Fsp3) is 0.857. The van der Waals surface area contributed by atoms with E-state index in [4.69, 9.17) is 4.74 Å². The van der Waals surface area contributed by atoms with Crippen LogP contribution in [0.5, 0.6) is 0 Å². The summed E-state index contributed by atoms with van der Waals surface area (Å²) in [5.74, 6) is 1.70. The van der Waals surface area contributed by atoms with E-state index in [9.17, 15) is 0 Å². The minimum Gasteiger partial charge on any atom is -0.381 e. The van der Waals surface area contributed by atoms with Gasteiger partial charge in [-0.15, -0.1) is 0 Å². The molecule has 1 heterocycles. The van der Waals surface area contributed by atoms with Gasteiger partial charge in [-0.2, -0.15) is 0 Å². The molecule has 1 heteroatoms. The Morgan fingerprint density at radius 3 is 2.60 bits per heavy atom. The molecule has 1 unspecified atom stereocenters. The molecule has 0 amide bonds. The number of ether oxygens (including phenoxy) is 1. The summed E-state index contributed by atoms with van der Waals surface area (Å²) in [6.07, 6.45) is 16.1. The van der Waals surface area contributed by atoms with Crippen molar-refractivity contribution in [2.75, 3.05) is 13.2 Å². The lowest BCUT2D eigenvalue weighted by Crippen LogP contribution is -2.15. The smallest absolute Gasteiger partial charge is 0.0528 e. The van der Waals surface area contributed by atoms with Crippen molar-refractivity contribution in [2.24, 2.45) is 11.8 Å². The van der Waals surface area contributed by atoms with Gasteiger partial charge in [0.25, 0.3) is 0 Å². The van der Waals surface area contributed by atoms with Crippen molar-refractivity contribution in [3.8, 4) is 0 Å². The van der Waals surface area contributed by atoms with Crippen molar-refractivity contribution in [2.45, 2.75) is 51.4 Å². The van der Waals surface area contributed by atoms with Crippen LogP contribution in [0.15, 0.2) is 12.2 Å². The van der Waals surface area contributed by atoms with Crippen LogP contribution in [0.3, 0.4) is 0 Å². The lowest BCUT2D eigenvalue weighted by molar-refractivity contribution is 0.0709. The third-order valence-electron chi connectivity index (χ3n) is 3.80. The third kappa shape index (κ3) is 3.98. The normalized spacial score (nSPS) is 29.7. The van der Waals surface area contributed by atoms with Gasteiger partial charge in [-0.25, -0.2) is 0 Å². The molecule has 1 nitrogen and oxygen atoms in total. The molecule has 0 aromatic heterocycles.